The number of anilines is 1. The van der Waals surface area contributed by atoms with Crippen molar-refractivity contribution in [2.24, 2.45) is 0 Å². The minimum atomic E-state index is 0.618. The minimum Gasteiger partial charge on any atom is -0.353 e. The highest BCUT2D eigenvalue weighted by Gasteiger charge is 2.23. The maximum Gasteiger partial charge on any atom is 0.254 e. The molecule has 96 valence electrons. The molecule has 1 aliphatic rings. The summed E-state index contributed by atoms with van der Waals surface area (Å²) in [4.78, 5) is 11.1. The number of nitrogens with zero attached hydrogens (tertiary/aromatic N) is 5. The number of rotatable bonds is 2. The molecule has 0 bridgehead atoms. The van der Waals surface area contributed by atoms with Gasteiger partial charge in [0.15, 0.2) is 0 Å². The van der Waals surface area contributed by atoms with Crippen molar-refractivity contribution >= 4 is 11.6 Å². The summed E-state index contributed by atoms with van der Waals surface area (Å²) in [7, 11) is 0. The van der Waals surface area contributed by atoms with Crippen LogP contribution in [0.4, 0.5) is 5.82 Å². The molecule has 18 heavy (non-hydrogen) atoms. The highest BCUT2D eigenvalue weighted by molar-refractivity contribution is 5.48. The van der Waals surface area contributed by atoms with Crippen LogP contribution in [-0.4, -0.2) is 32.2 Å². The van der Waals surface area contributed by atoms with E-state index in [0.29, 0.717) is 11.8 Å². The minimum absolute atomic E-state index is 0.618. The summed E-state index contributed by atoms with van der Waals surface area (Å²) < 4.78 is 1.86. The lowest BCUT2D eigenvalue weighted by atomic mass is 10.00. The lowest BCUT2D eigenvalue weighted by Gasteiger charge is -2.36. The molecular formula is C13H19N5. The van der Waals surface area contributed by atoms with Gasteiger partial charge in [0, 0.05) is 24.3 Å². The smallest absolute Gasteiger partial charge is 0.254 e. The van der Waals surface area contributed by atoms with Gasteiger partial charge in [0.2, 0.25) is 0 Å². The molecule has 0 amide bonds. The van der Waals surface area contributed by atoms with E-state index in [0.717, 1.165) is 18.1 Å². The second kappa shape index (κ2) is 4.55. The van der Waals surface area contributed by atoms with Crippen molar-refractivity contribution in [2.45, 2.75) is 45.6 Å². The van der Waals surface area contributed by atoms with Crippen LogP contribution in [0.5, 0.6) is 0 Å². The molecule has 0 unspecified atom stereocenters. The van der Waals surface area contributed by atoms with Gasteiger partial charge in [-0.05, 0) is 32.6 Å². The number of aryl methyl sites for hydroxylation is 1. The second-order valence-electron chi connectivity index (χ2n) is 4.98. The monoisotopic (exact) mass is 245 g/mol. The van der Waals surface area contributed by atoms with Crippen LogP contribution in [0.3, 0.4) is 0 Å². The number of aromatic nitrogens is 4. The summed E-state index contributed by atoms with van der Waals surface area (Å²) in [6, 6.07) is 2.74. The van der Waals surface area contributed by atoms with Crippen LogP contribution >= 0.6 is 0 Å². The first kappa shape index (κ1) is 11.4. The summed E-state index contributed by atoms with van der Waals surface area (Å²) in [6.07, 6.45) is 6.62. The maximum absolute atomic E-state index is 4.40. The number of piperidine rings is 1. The van der Waals surface area contributed by atoms with Gasteiger partial charge in [0.05, 0.1) is 0 Å². The van der Waals surface area contributed by atoms with E-state index in [4.69, 9.17) is 0 Å². The quantitative estimate of drug-likeness (QED) is 0.813. The fraction of sp³-hybridized carbons (Fsp3) is 0.615. The van der Waals surface area contributed by atoms with Crippen LogP contribution in [0, 0.1) is 6.92 Å². The normalized spacial score (nSPS) is 20.6. The third-order valence-electron chi connectivity index (χ3n) is 3.75. The molecule has 0 spiro atoms. The van der Waals surface area contributed by atoms with Crippen LogP contribution < -0.4 is 4.90 Å². The zero-order chi connectivity index (χ0) is 12.5. The van der Waals surface area contributed by atoms with E-state index in [1.807, 2.05) is 11.4 Å². The molecule has 0 aromatic carbocycles. The molecule has 1 fully saturated rings. The molecule has 0 saturated carbocycles. The molecular weight excluding hydrogens is 226 g/mol. The zero-order valence-corrected chi connectivity index (χ0v) is 11.0. The van der Waals surface area contributed by atoms with E-state index >= 15 is 0 Å². The molecule has 0 N–H and O–H groups in total. The van der Waals surface area contributed by atoms with Gasteiger partial charge in [-0.1, -0.05) is 6.92 Å². The van der Waals surface area contributed by atoms with Crippen molar-refractivity contribution in [3.63, 3.8) is 0 Å². The largest absolute Gasteiger partial charge is 0.353 e. The molecule has 0 radical (unpaired) electrons. The van der Waals surface area contributed by atoms with E-state index < -0.39 is 0 Å². The van der Waals surface area contributed by atoms with Crippen molar-refractivity contribution in [1.82, 2.24) is 19.6 Å². The van der Waals surface area contributed by atoms with Crippen molar-refractivity contribution in [1.29, 1.82) is 0 Å². The van der Waals surface area contributed by atoms with E-state index in [1.165, 1.54) is 25.7 Å². The average molecular weight is 245 g/mol. The summed E-state index contributed by atoms with van der Waals surface area (Å²) in [5.41, 5.74) is 1.01. The number of hydrogen-bond donors (Lipinski definition) is 0. The fourth-order valence-corrected chi connectivity index (χ4v) is 2.84. The van der Waals surface area contributed by atoms with Crippen molar-refractivity contribution < 1.29 is 0 Å². The molecule has 1 saturated heterocycles. The molecule has 0 aliphatic carbocycles. The summed E-state index contributed by atoms with van der Waals surface area (Å²) >= 11 is 0. The summed E-state index contributed by atoms with van der Waals surface area (Å²) in [6.45, 7) is 5.38. The van der Waals surface area contributed by atoms with E-state index in [1.54, 1.807) is 6.33 Å². The first-order valence-corrected chi connectivity index (χ1v) is 6.73. The Labute approximate surface area is 107 Å². The molecule has 1 aliphatic heterocycles. The zero-order valence-electron chi connectivity index (χ0n) is 11.0. The fourth-order valence-electron chi connectivity index (χ4n) is 2.84. The van der Waals surface area contributed by atoms with Gasteiger partial charge in [0.1, 0.15) is 12.1 Å². The Kier molecular flexibility index (Phi) is 2.89. The van der Waals surface area contributed by atoms with Crippen LogP contribution in [0.1, 0.15) is 38.3 Å². The molecule has 3 heterocycles. The molecule has 3 rings (SSSR count). The highest BCUT2D eigenvalue weighted by atomic mass is 15.4. The van der Waals surface area contributed by atoms with Crippen molar-refractivity contribution in [2.75, 3.05) is 11.4 Å². The van der Waals surface area contributed by atoms with Crippen LogP contribution in [0.2, 0.25) is 0 Å². The third kappa shape index (κ3) is 1.83. The van der Waals surface area contributed by atoms with E-state index in [9.17, 15) is 0 Å². The van der Waals surface area contributed by atoms with Gasteiger partial charge in [-0.15, -0.1) is 0 Å². The molecule has 1 atom stereocenters. The predicted molar refractivity (Wildman–Crippen MR) is 70.8 cm³/mol. The van der Waals surface area contributed by atoms with Gasteiger partial charge in [-0.2, -0.15) is 14.6 Å². The second-order valence-corrected chi connectivity index (χ2v) is 4.98. The highest BCUT2D eigenvalue weighted by Crippen LogP contribution is 2.26. The van der Waals surface area contributed by atoms with Gasteiger partial charge in [-0.3, -0.25) is 0 Å². The van der Waals surface area contributed by atoms with Gasteiger partial charge < -0.3 is 4.90 Å². The average Bonchev–Trinajstić information content (AvgIpc) is 2.85. The Bertz CT molecular complexity index is 547. The Hall–Kier alpha value is -1.65. The Morgan fingerprint density at radius 1 is 1.39 bits per heavy atom. The van der Waals surface area contributed by atoms with Crippen LogP contribution in [-0.2, 0) is 0 Å². The first-order chi connectivity index (χ1) is 8.79. The standard InChI is InChI=1S/C13H19N5/c1-3-11-6-4-5-7-17(11)12-8-10(2)16-13-14-9-15-18(12)13/h8-9,11H,3-7H2,1-2H3/t11-/m0/s1. The molecule has 2 aromatic rings. The molecule has 5 heteroatoms. The van der Waals surface area contributed by atoms with E-state index in [-0.39, 0.29) is 0 Å². The van der Waals surface area contributed by atoms with Crippen molar-refractivity contribution in [3.05, 3.63) is 18.1 Å². The lowest BCUT2D eigenvalue weighted by Crippen LogP contribution is -2.40. The Morgan fingerprint density at radius 3 is 3.11 bits per heavy atom. The van der Waals surface area contributed by atoms with Crippen LogP contribution in [0.15, 0.2) is 12.4 Å². The number of hydrogen-bond acceptors (Lipinski definition) is 4. The van der Waals surface area contributed by atoms with Gasteiger partial charge in [0.25, 0.3) is 5.78 Å². The first-order valence-electron chi connectivity index (χ1n) is 6.73. The SMILES string of the molecule is CC[C@H]1CCCCN1c1cc(C)nc2ncnn12. The van der Waals surface area contributed by atoms with Crippen LogP contribution in [0.25, 0.3) is 5.78 Å². The van der Waals surface area contributed by atoms with Gasteiger partial charge >= 0.3 is 0 Å². The van der Waals surface area contributed by atoms with Gasteiger partial charge in [-0.25, -0.2) is 4.98 Å². The molecule has 2 aromatic heterocycles. The third-order valence-corrected chi connectivity index (χ3v) is 3.75. The lowest BCUT2D eigenvalue weighted by molar-refractivity contribution is 0.444. The maximum atomic E-state index is 4.40. The Balaban J connectivity index is 2.08. The van der Waals surface area contributed by atoms with E-state index in [2.05, 4.69) is 33.0 Å². The predicted octanol–water partition coefficient (Wildman–Crippen LogP) is 2.20. The summed E-state index contributed by atoms with van der Waals surface area (Å²) in [5.74, 6) is 1.84. The summed E-state index contributed by atoms with van der Waals surface area (Å²) in [5, 5.41) is 4.31. The topological polar surface area (TPSA) is 46.3 Å². The molecule has 5 nitrogen and oxygen atoms in total. The Morgan fingerprint density at radius 2 is 2.28 bits per heavy atom. The number of fused-ring (bicyclic) bond motifs is 1. The van der Waals surface area contributed by atoms with Crippen molar-refractivity contribution in [3.8, 4) is 0 Å².